The van der Waals surface area contributed by atoms with Crippen LogP contribution in [-0.4, -0.2) is 22.6 Å². The first-order chi connectivity index (χ1) is 4.83. The Balaban J connectivity index is 2.42. The van der Waals surface area contributed by atoms with Crippen LogP contribution in [0.15, 0.2) is 4.34 Å². The Bertz CT molecular complexity index is 202. The molecule has 0 aromatic carbocycles. The summed E-state index contributed by atoms with van der Waals surface area (Å²) in [5.41, 5.74) is 5.29. The molecule has 6 heteroatoms. The van der Waals surface area contributed by atoms with Crippen LogP contribution in [0.1, 0.15) is 0 Å². The second-order valence-electron chi connectivity index (χ2n) is 1.44. The summed E-state index contributed by atoms with van der Waals surface area (Å²) in [6.45, 7) is -0.343. The third-order valence-electron chi connectivity index (χ3n) is 0.725. The molecular formula is C4H6FN3S2. The molecule has 2 N–H and O–H groups in total. The first-order valence-corrected chi connectivity index (χ1v) is 4.41. The van der Waals surface area contributed by atoms with Crippen molar-refractivity contribution in [2.24, 2.45) is 0 Å². The first kappa shape index (κ1) is 7.74. The maximum Gasteiger partial charge on any atom is 0.203 e. The zero-order valence-corrected chi connectivity index (χ0v) is 6.71. The highest BCUT2D eigenvalue weighted by atomic mass is 32.2. The quantitative estimate of drug-likeness (QED) is 0.708. The van der Waals surface area contributed by atoms with Gasteiger partial charge in [0.15, 0.2) is 4.34 Å². The molecule has 56 valence electrons. The monoisotopic (exact) mass is 179 g/mol. The number of hydrogen-bond acceptors (Lipinski definition) is 5. The third-order valence-corrected chi connectivity index (χ3v) is 2.56. The Morgan fingerprint density at radius 2 is 2.40 bits per heavy atom. The van der Waals surface area contributed by atoms with Crippen LogP contribution in [0.3, 0.4) is 0 Å². The van der Waals surface area contributed by atoms with E-state index in [1.54, 1.807) is 0 Å². The van der Waals surface area contributed by atoms with Gasteiger partial charge in [-0.1, -0.05) is 23.1 Å². The van der Waals surface area contributed by atoms with Crippen LogP contribution in [-0.2, 0) is 0 Å². The van der Waals surface area contributed by atoms with Crippen molar-refractivity contribution in [3.63, 3.8) is 0 Å². The normalized spacial score (nSPS) is 10.1. The molecule has 0 bridgehead atoms. The highest BCUT2D eigenvalue weighted by Gasteiger charge is 1.99. The molecule has 0 saturated heterocycles. The highest BCUT2D eigenvalue weighted by molar-refractivity contribution is 8.01. The predicted molar refractivity (Wildman–Crippen MR) is 41.0 cm³/mol. The maximum absolute atomic E-state index is 11.6. The molecule has 0 amide bonds. The lowest BCUT2D eigenvalue weighted by Gasteiger charge is -1.86. The van der Waals surface area contributed by atoms with E-state index in [9.17, 15) is 4.39 Å². The topological polar surface area (TPSA) is 51.8 Å². The van der Waals surface area contributed by atoms with E-state index in [0.29, 0.717) is 10.9 Å². The third kappa shape index (κ3) is 2.11. The maximum atomic E-state index is 11.6. The van der Waals surface area contributed by atoms with Gasteiger partial charge in [-0.2, -0.15) is 0 Å². The Morgan fingerprint density at radius 3 is 2.90 bits per heavy atom. The van der Waals surface area contributed by atoms with Crippen molar-refractivity contribution in [1.82, 2.24) is 10.2 Å². The molecule has 0 fully saturated rings. The molecular weight excluding hydrogens is 173 g/mol. The van der Waals surface area contributed by atoms with Crippen LogP contribution in [0.2, 0.25) is 0 Å². The summed E-state index contributed by atoms with van der Waals surface area (Å²) in [7, 11) is 0. The smallest absolute Gasteiger partial charge is 0.203 e. The van der Waals surface area contributed by atoms with Gasteiger partial charge < -0.3 is 5.73 Å². The van der Waals surface area contributed by atoms with E-state index in [0.717, 1.165) is 4.34 Å². The van der Waals surface area contributed by atoms with Crippen LogP contribution in [0, 0.1) is 0 Å². The number of hydrogen-bond donors (Lipinski definition) is 1. The SMILES string of the molecule is Nc1nnc(SCCF)s1. The van der Waals surface area contributed by atoms with Gasteiger partial charge in [0.2, 0.25) is 5.13 Å². The van der Waals surface area contributed by atoms with Gasteiger partial charge in [0.05, 0.1) is 6.67 Å². The molecule has 10 heavy (non-hydrogen) atoms. The van der Waals surface area contributed by atoms with E-state index in [4.69, 9.17) is 5.73 Å². The van der Waals surface area contributed by atoms with E-state index in [2.05, 4.69) is 10.2 Å². The second-order valence-corrected chi connectivity index (χ2v) is 3.79. The lowest BCUT2D eigenvalue weighted by atomic mass is 10.9. The minimum absolute atomic E-state index is 0.343. The van der Waals surface area contributed by atoms with Crippen LogP contribution in [0.4, 0.5) is 9.52 Å². The van der Waals surface area contributed by atoms with Crippen molar-refractivity contribution >= 4 is 28.2 Å². The van der Waals surface area contributed by atoms with E-state index in [1.165, 1.54) is 23.1 Å². The number of rotatable bonds is 3. The fourth-order valence-corrected chi connectivity index (χ4v) is 1.84. The molecule has 0 radical (unpaired) electrons. The largest absolute Gasteiger partial charge is 0.374 e. The number of nitrogens with two attached hydrogens (primary N) is 1. The van der Waals surface area contributed by atoms with Crippen LogP contribution < -0.4 is 5.73 Å². The highest BCUT2D eigenvalue weighted by Crippen LogP contribution is 2.22. The first-order valence-electron chi connectivity index (χ1n) is 2.60. The Kier molecular flexibility index (Phi) is 2.88. The number of nitrogens with zero attached hydrogens (tertiary/aromatic N) is 2. The molecule has 0 aliphatic carbocycles. The van der Waals surface area contributed by atoms with Gasteiger partial charge >= 0.3 is 0 Å². The summed E-state index contributed by atoms with van der Waals surface area (Å²) in [6, 6.07) is 0. The van der Waals surface area contributed by atoms with Crippen molar-refractivity contribution in [3.05, 3.63) is 0 Å². The van der Waals surface area contributed by atoms with Crippen molar-refractivity contribution in [2.45, 2.75) is 4.34 Å². The number of alkyl halides is 1. The van der Waals surface area contributed by atoms with E-state index >= 15 is 0 Å². The summed E-state index contributed by atoms with van der Waals surface area (Å²) in [5, 5.41) is 7.70. The summed E-state index contributed by atoms with van der Waals surface area (Å²) in [4.78, 5) is 0. The summed E-state index contributed by atoms with van der Waals surface area (Å²) in [6.07, 6.45) is 0. The number of nitrogen functional groups attached to an aromatic ring is 1. The van der Waals surface area contributed by atoms with E-state index in [1.807, 2.05) is 0 Å². The zero-order chi connectivity index (χ0) is 7.40. The van der Waals surface area contributed by atoms with Crippen LogP contribution >= 0.6 is 23.1 Å². The van der Waals surface area contributed by atoms with Crippen LogP contribution in [0.5, 0.6) is 0 Å². The number of halogens is 1. The van der Waals surface area contributed by atoms with Gasteiger partial charge in [-0.25, -0.2) is 0 Å². The number of anilines is 1. The molecule has 1 aromatic heterocycles. The molecule has 0 unspecified atom stereocenters. The fraction of sp³-hybridized carbons (Fsp3) is 0.500. The predicted octanol–water partition coefficient (Wildman–Crippen LogP) is 1.18. The fourth-order valence-electron chi connectivity index (χ4n) is 0.405. The van der Waals surface area contributed by atoms with Crippen molar-refractivity contribution in [1.29, 1.82) is 0 Å². The van der Waals surface area contributed by atoms with Crippen molar-refractivity contribution < 1.29 is 4.39 Å². The Morgan fingerprint density at radius 1 is 1.60 bits per heavy atom. The molecule has 3 nitrogen and oxygen atoms in total. The number of thioether (sulfide) groups is 1. The van der Waals surface area contributed by atoms with Gasteiger partial charge in [-0.15, -0.1) is 10.2 Å². The standard InChI is InChI=1S/C4H6FN3S2/c5-1-2-9-4-8-7-3(6)10-4/h1-2H2,(H2,6,7). The lowest BCUT2D eigenvalue weighted by Crippen LogP contribution is -1.80. The molecule has 0 aliphatic rings. The van der Waals surface area contributed by atoms with Gasteiger partial charge in [-0.05, 0) is 0 Å². The van der Waals surface area contributed by atoms with Crippen LogP contribution in [0.25, 0.3) is 0 Å². The molecule has 0 saturated carbocycles. The summed E-state index contributed by atoms with van der Waals surface area (Å²) in [5.74, 6) is 0.425. The Labute approximate surface area is 65.8 Å². The van der Waals surface area contributed by atoms with Gasteiger partial charge in [-0.3, -0.25) is 4.39 Å². The molecule has 1 heterocycles. The van der Waals surface area contributed by atoms with Crippen molar-refractivity contribution in [2.75, 3.05) is 18.2 Å². The summed E-state index contributed by atoms with van der Waals surface area (Å²) >= 11 is 2.61. The molecule has 0 aliphatic heterocycles. The molecule has 0 atom stereocenters. The van der Waals surface area contributed by atoms with Gasteiger partial charge in [0.25, 0.3) is 0 Å². The molecule has 1 rings (SSSR count). The van der Waals surface area contributed by atoms with E-state index in [-0.39, 0.29) is 6.67 Å². The van der Waals surface area contributed by atoms with Crippen molar-refractivity contribution in [3.8, 4) is 0 Å². The average molecular weight is 179 g/mol. The lowest BCUT2D eigenvalue weighted by molar-refractivity contribution is 0.533. The van der Waals surface area contributed by atoms with Gasteiger partial charge in [0.1, 0.15) is 0 Å². The Hall–Kier alpha value is -0.360. The second kappa shape index (κ2) is 3.72. The number of aromatic nitrogens is 2. The van der Waals surface area contributed by atoms with E-state index < -0.39 is 0 Å². The minimum atomic E-state index is -0.343. The summed E-state index contributed by atoms with van der Waals surface area (Å²) < 4.78 is 12.3. The van der Waals surface area contributed by atoms with Gasteiger partial charge in [0, 0.05) is 5.75 Å². The minimum Gasteiger partial charge on any atom is -0.374 e. The molecule has 0 spiro atoms. The molecule has 1 aromatic rings. The zero-order valence-electron chi connectivity index (χ0n) is 5.08. The average Bonchev–Trinajstić information content (AvgIpc) is 2.31.